The summed E-state index contributed by atoms with van der Waals surface area (Å²) in [5, 5.41) is 11.0. The molecule has 0 aliphatic carbocycles. The summed E-state index contributed by atoms with van der Waals surface area (Å²) in [6, 6.07) is 13.5. The first-order valence-electron chi connectivity index (χ1n) is 7.82. The van der Waals surface area contributed by atoms with E-state index in [-0.39, 0.29) is 18.1 Å². The number of amides is 3. The van der Waals surface area contributed by atoms with Crippen molar-refractivity contribution < 1.29 is 9.59 Å². The summed E-state index contributed by atoms with van der Waals surface area (Å²) in [4.78, 5) is 28.3. The van der Waals surface area contributed by atoms with Crippen LogP contribution in [0.4, 0.5) is 15.6 Å². The van der Waals surface area contributed by atoms with E-state index in [4.69, 9.17) is 23.2 Å². The van der Waals surface area contributed by atoms with Crippen molar-refractivity contribution in [3.05, 3.63) is 75.2 Å². The van der Waals surface area contributed by atoms with Gasteiger partial charge in [0, 0.05) is 27.7 Å². The van der Waals surface area contributed by atoms with Gasteiger partial charge in [-0.25, -0.2) is 9.78 Å². The Kier molecular flexibility index (Phi) is 6.28. The highest BCUT2D eigenvalue weighted by Gasteiger charge is 2.13. The number of nitrogens with zero attached hydrogens (tertiary/aromatic N) is 1. The maximum Gasteiger partial charge on any atom is 0.325 e. The lowest BCUT2D eigenvalue weighted by Gasteiger charge is -2.06. The van der Waals surface area contributed by atoms with Crippen LogP contribution in [0.25, 0.3) is 0 Å². The average molecular weight is 421 g/mol. The summed E-state index contributed by atoms with van der Waals surface area (Å²) in [7, 11) is 0. The van der Waals surface area contributed by atoms with Crippen molar-refractivity contribution in [2.45, 2.75) is 6.54 Å². The van der Waals surface area contributed by atoms with E-state index in [2.05, 4.69) is 20.9 Å². The van der Waals surface area contributed by atoms with Gasteiger partial charge in [-0.15, -0.1) is 11.3 Å². The Morgan fingerprint density at radius 1 is 1.00 bits per heavy atom. The number of hydrogen-bond acceptors (Lipinski definition) is 4. The Bertz CT molecular complexity index is 960. The van der Waals surface area contributed by atoms with Gasteiger partial charge >= 0.3 is 6.03 Å². The van der Waals surface area contributed by atoms with E-state index < -0.39 is 6.03 Å². The fraction of sp³-hybridized carbons (Fsp3) is 0.0556. The summed E-state index contributed by atoms with van der Waals surface area (Å²) in [6.45, 7) is 0.288. The monoisotopic (exact) mass is 420 g/mol. The number of carbonyl (C=O) groups excluding carboxylic acids is 2. The predicted octanol–water partition coefficient (Wildman–Crippen LogP) is 5.02. The van der Waals surface area contributed by atoms with Crippen LogP contribution in [0.2, 0.25) is 10.0 Å². The van der Waals surface area contributed by atoms with Crippen LogP contribution in [-0.2, 0) is 6.54 Å². The van der Waals surface area contributed by atoms with Gasteiger partial charge < -0.3 is 10.6 Å². The van der Waals surface area contributed by atoms with Crippen molar-refractivity contribution in [3.63, 3.8) is 0 Å². The lowest BCUT2D eigenvalue weighted by Crippen LogP contribution is -2.23. The fourth-order valence-corrected chi connectivity index (χ4v) is 3.15. The minimum atomic E-state index is -0.463. The highest BCUT2D eigenvalue weighted by molar-refractivity contribution is 7.14. The highest BCUT2D eigenvalue weighted by atomic mass is 35.5. The molecular formula is C18H14Cl2N4O2S. The van der Waals surface area contributed by atoms with Gasteiger partial charge in [0.2, 0.25) is 0 Å². The van der Waals surface area contributed by atoms with Gasteiger partial charge in [-0.3, -0.25) is 10.1 Å². The van der Waals surface area contributed by atoms with E-state index in [1.807, 2.05) is 18.2 Å². The quantitative estimate of drug-likeness (QED) is 0.541. The molecule has 0 fully saturated rings. The Labute approximate surface area is 169 Å². The number of hydrogen-bond donors (Lipinski definition) is 3. The van der Waals surface area contributed by atoms with Crippen LogP contribution in [0.1, 0.15) is 16.1 Å². The molecule has 0 saturated heterocycles. The molecule has 3 rings (SSSR count). The molecule has 0 saturated carbocycles. The highest BCUT2D eigenvalue weighted by Crippen LogP contribution is 2.18. The molecule has 0 bridgehead atoms. The van der Waals surface area contributed by atoms with E-state index in [0.717, 1.165) is 16.9 Å². The minimum Gasteiger partial charge on any atom is -0.347 e. The van der Waals surface area contributed by atoms with E-state index in [1.54, 1.807) is 35.7 Å². The maximum atomic E-state index is 12.2. The first-order valence-corrected chi connectivity index (χ1v) is 9.45. The van der Waals surface area contributed by atoms with Crippen LogP contribution in [0, 0.1) is 0 Å². The second-order valence-electron chi connectivity index (χ2n) is 5.40. The van der Waals surface area contributed by atoms with E-state index in [1.165, 1.54) is 0 Å². The van der Waals surface area contributed by atoms with Gasteiger partial charge in [-0.05, 0) is 35.9 Å². The molecule has 0 spiro atoms. The van der Waals surface area contributed by atoms with Gasteiger partial charge in [0.1, 0.15) is 5.69 Å². The molecule has 0 aliphatic rings. The van der Waals surface area contributed by atoms with Crippen molar-refractivity contribution in [1.29, 1.82) is 0 Å². The van der Waals surface area contributed by atoms with Crippen LogP contribution >= 0.6 is 34.5 Å². The second-order valence-corrected chi connectivity index (χ2v) is 7.10. The van der Waals surface area contributed by atoms with Crippen molar-refractivity contribution in [3.8, 4) is 0 Å². The second kappa shape index (κ2) is 8.85. The molecule has 0 aliphatic heterocycles. The van der Waals surface area contributed by atoms with Gasteiger partial charge in [0.05, 0.1) is 0 Å². The Hall–Kier alpha value is -2.61. The number of benzene rings is 2. The number of anilines is 2. The number of nitrogens with one attached hydrogen (secondary N) is 3. The molecule has 0 atom stereocenters. The summed E-state index contributed by atoms with van der Waals surface area (Å²) in [6.07, 6.45) is 0. The molecule has 1 heterocycles. The normalized spacial score (nSPS) is 10.3. The van der Waals surface area contributed by atoms with Crippen molar-refractivity contribution in [2.24, 2.45) is 0 Å². The summed E-state index contributed by atoms with van der Waals surface area (Å²) in [5.41, 5.74) is 1.61. The molecule has 2 aromatic carbocycles. The number of urea groups is 1. The number of carbonyl (C=O) groups is 2. The summed E-state index contributed by atoms with van der Waals surface area (Å²) < 4.78 is 0. The molecule has 1 aromatic heterocycles. The van der Waals surface area contributed by atoms with Crippen molar-refractivity contribution >= 4 is 57.3 Å². The predicted molar refractivity (Wildman–Crippen MR) is 109 cm³/mol. The van der Waals surface area contributed by atoms with Crippen molar-refractivity contribution in [2.75, 3.05) is 10.6 Å². The largest absolute Gasteiger partial charge is 0.347 e. The zero-order valence-corrected chi connectivity index (χ0v) is 16.2. The van der Waals surface area contributed by atoms with Crippen LogP contribution < -0.4 is 16.0 Å². The molecule has 6 nitrogen and oxygen atoms in total. The van der Waals surface area contributed by atoms with E-state index in [0.29, 0.717) is 20.9 Å². The first-order chi connectivity index (χ1) is 13.0. The van der Waals surface area contributed by atoms with E-state index in [9.17, 15) is 9.59 Å². The third-order valence-corrected chi connectivity index (χ3v) is 4.84. The lowest BCUT2D eigenvalue weighted by molar-refractivity contribution is 0.0946. The fourth-order valence-electron chi connectivity index (χ4n) is 2.14. The molecule has 9 heteroatoms. The third kappa shape index (κ3) is 5.43. The molecule has 0 radical (unpaired) electrons. The molecule has 3 N–H and O–H groups in total. The van der Waals surface area contributed by atoms with Gasteiger partial charge in [-0.1, -0.05) is 41.4 Å². The van der Waals surface area contributed by atoms with Crippen LogP contribution in [0.15, 0.2) is 53.9 Å². The number of halogens is 2. The topological polar surface area (TPSA) is 83.1 Å². The first kappa shape index (κ1) is 19.2. The van der Waals surface area contributed by atoms with Crippen LogP contribution in [-0.4, -0.2) is 16.9 Å². The zero-order valence-electron chi connectivity index (χ0n) is 13.8. The Balaban J connectivity index is 1.54. The van der Waals surface area contributed by atoms with Gasteiger partial charge in [0.15, 0.2) is 5.13 Å². The maximum absolute atomic E-state index is 12.2. The van der Waals surface area contributed by atoms with Gasteiger partial charge in [0.25, 0.3) is 5.91 Å². The molecule has 3 aromatic rings. The summed E-state index contributed by atoms with van der Waals surface area (Å²) >= 11 is 13.0. The average Bonchev–Trinajstić information content (AvgIpc) is 3.11. The van der Waals surface area contributed by atoms with Crippen molar-refractivity contribution in [1.82, 2.24) is 10.3 Å². The number of thiazole rings is 1. The molecule has 3 amide bonds. The Morgan fingerprint density at radius 2 is 1.74 bits per heavy atom. The molecule has 0 unspecified atom stereocenters. The third-order valence-electron chi connectivity index (χ3n) is 3.46. The van der Waals surface area contributed by atoms with Crippen LogP contribution in [0.5, 0.6) is 0 Å². The standard InChI is InChI=1S/C18H14Cl2N4O2S/c19-12-5-7-13(8-6-12)22-17(26)24-18-23-15(10-27-18)16(25)21-9-11-3-1-2-4-14(11)20/h1-8,10H,9H2,(H,21,25)(H2,22,23,24,26). The number of rotatable bonds is 5. The zero-order chi connectivity index (χ0) is 19.2. The van der Waals surface area contributed by atoms with Gasteiger partial charge in [-0.2, -0.15) is 0 Å². The minimum absolute atomic E-state index is 0.217. The SMILES string of the molecule is O=C(Nc1ccc(Cl)cc1)Nc1nc(C(=O)NCc2ccccc2Cl)cs1. The van der Waals surface area contributed by atoms with E-state index >= 15 is 0 Å². The molecule has 138 valence electrons. The summed E-state index contributed by atoms with van der Waals surface area (Å²) in [5.74, 6) is -0.350. The lowest BCUT2D eigenvalue weighted by atomic mass is 10.2. The molecular weight excluding hydrogens is 407 g/mol. The van der Waals surface area contributed by atoms with Crippen LogP contribution in [0.3, 0.4) is 0 Å². The smallest absolute Gasteiger partial charge is 0.325 e. The Morgan fingerprint density at radius 3 is 2.48 bits per heavy atom. The number of aromatic nitrogens is 1. The molecule has 27 heavy (non-hydrogen) atoms.